The van der Waals surface area contributed by atoms with Gasteiger partial charge in [0.05, 0.1) is 0 Å². The molecule has 0 N–H and O–H groups in total. The van der Waals surface area contributed by atoms with Crippen molar-refractivity contribution in [2.24, 2.45) is 0 Å². The molecule has 60 valence electrons. The average molecular weight is 151 g/mol. The van der Waals surface area contributed by atoms with Gasteiger partial charge < -0.3 is 0 Å². The average Bonchev–Trinajstić information content (AvgIpc) is 2.08. The summed E-state index contributed by atoms with van der Waals surface area (Å²) < 4.78 is 0. The van der Waals surface area contributed by atoms with Gasteiger partial charge in [-0.15, -0.1) is 0 Å². The van der Waals surface area contributed by atoms with E-state index in [0.29, 0.717) is 5.56 Å². The van der Waals surface area contributed by atoms with Gasteiger partial charge in [0.15, 0.2) is 6.29 Å². The molecular formula is C9H13NO. The Balaban J connectivity index is 0.000000292. The number of pyridine rings is 1. The topological polar surface area (TPSA) is 30.0 Å². The minimum absolute atomic E-state index is 0.618. The molecule has 0 spiro atoms. The van der Waals surface area contributed by atoms with Crippen molar-refractivity contribution < 1.29 is 4.79 Å². The van der Waals surface area contributed by atoms with Gasteiger partial charge in [0.25, 0.3) is 0 Å². The fourth-order valence-corrected chi connectivity index (χ4v) is 0.446. The van der Waals surface area contributed by atoms with E-state index >= 15 is 0 Å². The second-order valence-electron chi connectivity index (χ2n) is 2.11. The minimum atomic E-state index is 0.618. The maximum Gasteiger partial charge on any atom is 0.151 e. The molecule has 0 saturated carbocycles. The van der Waals surface area contributed by atoms with Crippen LogP contribution in [-0.2, 0) is 0 Å². The van der Waals surface area contributed by atoms with Crippen molar-refractivity contribution in [3.05, 3.63) is 30.1 Å². The molecule has 0 fully saturated rings. The van der Waals surface area contributed by atoms with Crippen molar-refractivity contribution in [2.75, 3.05) is 0 Å². The summed E-state index contributed by atoms with van der Waals surface area (Å²) in [6.45, 7) is 4.25. The zero-order chi connectivity index (χ0) is 8.53. The van der Waals surface area contributed by atoms with Gasteiger partial charge in [0, 0.05) is 18.0 Å². The van der Waals surface area contributed by atoms with E-state index < -0.39 is 0 Å². The third kappa shape index (κ3) is 5.27. The molecule has 0 radical (unpaired) electrons. The Labute approximate surface area is 67.3 Å². The van der Waals surface area contributed by atoms with Crippen LogP contribution >= 0.6 is 0 Å². The molecule has 0 aliphatic carbocycles. The lowest BCUT2D eigenvalue weighted by atomic mass is 10.3. The highest BCUT2D eigenvalue weighted by molar-refractivity contribution is 5.73. The van der Waals surface area contributed by atoms with E-state index in [1.165, 1.54) is 12.6 Å². The second kappa shape index (κ2) is 6.93. The zero-order valence-corrected chi connectivity index (χ0v) is 6.95. The lowest BCUT2D eigenvalue weighted by molar-refractivity contribution is 0.112. The molecule has 11 heavy (non-hydrogen) atoms. The second-order valence-corrected chi connectivity index (χ2v) is 2.11. The number of rotatable bonds is 1. The van der Waals surface area contributed by atoms with E-state index in [1.54, 1.807) is 18.3 Å². The third-order valence-corrected chi connectivity index (χ3v) is 0.820. The van der Waals surface area contributed by atoms with Crippen LogP contribution in [0.15, 0.2) is 24.5 Å². The fourth-order valence-electron chi connectivity index (χ4n) is 0.446. The molecular weight excluding hydrogens is 138 g/mol. The SMILES string of the molecule is CCC.O=Cc1cccnc1. The molecule has 0 unspecified atom stereocenters. The van der Waals surface area contributed by atoms with Gasteiger partial charge in [0.2, 0.25) is 0 Å². The van der Waals surface area contributed by atoms with Crippen LogP contribution in [0.3, 0.4) is 0 Å². The van der Waals surface area contributed by atoms with Crippen LogP contribution in [0.5, 0.6) is 0 Å². The standard InChI is InChI=1S/C6H5NO.C3H8/c8-5-6-2-1-3-7-4-6;1-3-2/h1-5H;3H2,1-2H3. The van der Waals surface area contributed by atoms with E-state index in [1.807, 2.05) is 0 Å². The molecule has 2 heteroatoms. The van der Waals surface area contributed by atoms with E-state index in [-0.39, 0.29) is 0 Å². The van der Waals surface area contributed by atoms with Crippen LogP contribution in [0, 0.1) is 0 Å². The molecule has 1 aromatic heterocycles. The summed E-state index contributed by atoms with van der Waals surface area (Å²) in [5.41, 5.74) is 0.618. The van der Waals surface area contributed by atoms with Crippen LogP contribution in [0.25, 0.3) is 0 Å². The Morgan fingerprint density at radius 1 is 1.55 bits per heavy atom. The fraction of sp³-hybridized carbons (Fsp3) is 0.333. The van der Waals surface area contributed by atoms with Gasteiger partial charge in [-0.25, -0.2) is 0 Å². The first kappa shape index (κ1) is 9.82. The highest BCUT2D eigenvalue weighted by atomic mass is 16.1. The van der Waals surface area contributed by atoms with Crippen molar-refractivity contribution in [2.45, 2.75) is 20.3 Å². The van der Waals surface area contributed by atoms with Crippen molar-refractivity contribution >= 4 is 6.29 Å². The summed E-state index contributed by atoms with van der Waals surface area (Å²) in [5.74, 6) is 0. The molecule has 0 aliphatic rings. The van der Waals surface area contributed by atoms with E-state index in [4.69, 9.17) is 0 Å². The van der Waals surface area contributed by atoms with E-state index in [9.17, 15) is 4.79 Å². The number of aldehydes is 1. The summed E-state index contributed by atoms with van der Waals surface area (Å²) in [4.78, 5) is 13.7. The van der Waals surface area contributed by atoms with Crippen molar-refractivity contribution in [1.29, 1.82) is 0 Å². The molecule has 0 bridgehead atoms. The van der Waals surface area contributed by atoms with Crippen molar-refractivity contribution in [1.82, 2.24) is 4.98 Å². The van der Waals surface area contributed by atoms with Gasteiger partial charge >= 0.3 is 0 Å². The zero-order valence-electron chi connectivity index (χ0n) is 6.95. The summed E-state index contributed by atoms with van der Waals surface area (Å²) in [6.07, 6.45) is 5.17. The van der Waals surface area contributed by atoms with Gasteiger partial charge in [-0.3, -0.25) is 9.78 Å². The van der Waals surface area contributed by atoms with Crippen LogP contribution in [0.1, 0.15) is 30.6 Å². The predicted molar refractivity (Wildman–Crippen MR) is 45.6 cm³/mol. The lowest BCUT2D eigenvalue weighted by Gasteiger charge is -1.81. The molecule has 0 atom stereocenters. The molecule has 0 aromatic carbocycles. The summed E-state index contributed by atoms with van der Waals surface area (Å²) in [5, 5.41) is 0. The number of nitrogens with zero attached hydrogens (tertiary/aromatic N) is 1. The number of carbonyl (C=O) groups excluding carboxylic acids is 1. The third-order valence-electron chi connectivity index (χ3n) is 0.820. The Kier molecular flexibility index (Phi) is 6.19. The minimum Gasteiger partial charge on any atom is -0.298 e. The van der Waals surface area contributed by atoms with Crippen LogP contribution < -0.4 is 0 Å². The van der Waals surface area contributed by atoms with Crippen LogP contribution in [-0.4, -0.2) is 11.3 Å². The quantitative estimate of drug-likeness (QED) is 0.576. The first-order valence-electron chi connectivity index (χ1n) is 3.70. The summed E-state index contributed by atoms with van der Waals surface area (Å²) in [7, 11) is 0. The summed E-state index contributed by atoms with van der Waals surface area (Å²) >= 11 is 0. The lowest BCUT2D eigenvalue weighted by Crippen LogP contribution is -1.77. The van der Waals surface area contributed by atoms with Gasteiger partial charge in [-0.1, -0.05) is 20.3 Å². The van der Waals surface area contributed by atoms with E-state index in [0.717, 1.165) is 6.29 Å². The monoisotopic (exact) mass is 151 g/mol. The highest BCUT2D eigenvalue weighted by Crippen LogP contribution is 1.87. The predicted octanol–water partition coefficient (Wildman–Crippen LogP) is 2.31. The molecule has 1 heterocycles. The van der Waals surface area contributed by atoms with Crippen molar-refractivity contribution in [3.63, 3.8) is 0 Å². The molecule has 1 aromatic rings. The maximum absolute atomic E-state index is 9.97. The number of hydrogen-bond acceptors (Lipinski definition) is 2. The van der Waals surface area contributed by atoms with Gasteiger partial charge in [0.1, 0.15) is 0 Å². The number of hydrogen-bond donors (Lipinski definition) is 0. The first-order valence-corrected chi connectivity index (χ1v) is 3.70. The molecule has 1 rings (SSSR count). The van der Waals surface area contributed by atoms with E-state index in [2.05, 4.69) is 18.8 Å². The Morgan fingerprint density at radius 2 is 2.18 bits per heavy atom. The molecule has 0 aliphatic heterocycles. The van der Waals surface area contributed by atoms with Crippen molar-refractivity contribution in [3.8, 4) is 0 Å². The Hall–Kier alpha value is -1.18. The van der Waals surface area contributed by atoms with Gasteiger partial charge in [-0.2, -0.15) is 0 Å². The molecule has 0 saturated heterocycles. The smallest absolute Gasteiger partial charge is 0.151 e. The molecule has 0 amide bonds. The highest BCUT2D eigenvalue weighted by Gasteiger charge is 1.81. The Bertz CT molecular complexity index is 184. The number of aromatic nitrogens is 1. The molecule has 2 nitrogen and oxygen atoms in total. The maximum atomic E-state index is 9.97. The summed E-state index contributed by atoms with van der Waals surface area (Å²) in [6, 6.07) is 3.43. The Morgan fingerprint density at radius 3 is 2.45 bits per heavy atom. The van der Waals surface area contributed by atoms with Gasteiger partial charge in [-0.05, 0) is 12.1 Å². The first-order chi connectivity index (χ1) is 5.35. The largest absolute Gasteiger partial charge is 0.298 e. The van der Waals surface area contributed by atoms with Crippen LogP contribution in [0.2, 0.25) is 0 Å². The van der Waals surface area contributed by atoms with Crippen LogP contribution in [0.4, 0.5) is 0 Å². The number of carbonyl (C=O) groups is 1. The normalized spacial score (nSPS) is 7.82.